The van der Waals surface area contributed by atoms with E-state index in [2.05, 4.69) is 70.0 Å². The van der Waals surface area contributed by atoms with Crippen molar-refractivity contribution in [3.63, 3.8) is 0 Å². The molecule has 102 valence electrons. The quantitative estimate of drug-likeness (QED) is 0.579. The van der Waals surface area contributed by atoms with Crippen molar-refractivity contribution in [2.24, 2.45) is 0 Å². The van der Waals surface area contributed by atoms with Gasteiger partial charge in [-0.3, -0.25) is 0 Å². The number of benzene rings is 1. The van der Waals surface area contributed by atoms with Crippen LogP contribution >= 0.6 is 43.2 Å². The van der Waals surface area contributed by atoms with Gasteiger partial charge in [-0.05, 0) is 43.2 Å². The molecule has 19 heavy (non-hydrogen) atoms. The van der Waals surface area contributed by atoms with E-state index in [1.807, 2.05) is 11.3 Å². The maximum atomic E-state index is 5.51. The summed E-state index contributed by atoms with van der Waals surface area (Å²) >= 11 is 9.24. The van der Waals surface area contributed by atoms with Crippen molar-refractivity contribution < 1.29 is 4.74 Å². The number of hydrogen-bond donors (Lipinski definition) is 0. The molecule has 0 N–H and O–H groups in total. The van der Waals surface area contributed by atoms with Crippen LogP contribution in [0, 0.1) is 6.92 Å². The van der Waals surface area contributed by atoms with Gasteiger partial charge >= 0.3 is 0 Å². The van der Waals surface area contributed by atoms with Gasteiger partial charge in [-0.25, -0.2) is 0 Å². The third kappa shape index (κ3) is 3.23. The average molecular weight is 404 g/mol. The summed E-state index contributed by atoms with van der Waals surface area (Å²) in [5.41, 5.74) is 2.34. The van der Waals surface area contributed by atoms with E-state index >= 15 is 0 Å². The Bertz CT molecular complexity index is 578. The van der Waals surface area contributed by atoms with Crippen LogP contribution in [0.4, 0.5) is 0 Å². The zero-order chi connectivity index (χ0) is 14.0. The van der Waals surface area contributed by atoms with Crippen molar-refractivity contribution in [2.45, 2.75) is 25.1 Å². The number of thiophene rings is 1. The summed E-state index contributed by atoms with van der Waals surface area (Å²) in [6.45, 7) is 4.25. The zero-order valence-corrected chi connectivity index (χ0v) is 15.2. The molecule has 0 aliphatic rings. The lowest BCUT2D eigenvalue weighted by molar-refractivity contribution is 0.410. The molecule has 1 heterocycles. The van der Waals surface area contributed by atoms with Gasteiger partial charge in [0.05, 0.1) is 11.9 Å². The first-order valence-electron chi connectivity index (χ1n) is 6.13. The highest BCUT2D eigenvalue weighted by Crippen LogP contribution is 2.41. The van der Waals surface area contributed by atoms with E-state index in [1.165, 1.54) is 15.3 Å². The van der Waals surface area contributed by atoms with Gasteiger partial charge in [0.15, 0.2) is 0 Å². The van der Waals surface area contributed by atoms with Crippen LogP contribution in [-0.2, 0) is 6.42 Å². The second-order valence-electron chi connectivity index (χ2n) is 4.36. The first kappa shape index (κ1) is 15.1. The van der Waals surface area contributed by atoms with Crippen molar-refractivity contribution in [1.82, 2.24) is 0 Å². The van der Waals surface area contributed by atoms with Gasteiger partial charge in [0.2, 0.25) is 0 Å². The maximum Gasteiger partial charge on any atom is 0.123 e. The van der Waals surface area contributed by atoms with Crippen LogP contribution in [0.5, 0.6) is 5.75 Å². The molecule has 0 aliphatic heterocycles. The van der Waals surface area contributed by atoms with Gasteiger partial charge in [-0.2, -0.15) is 0 Å². The molecule has 0 saturated heterocycles. The summed E-state index contributed by atoms with van der Waals surface area (Å²) in [5, 5.41) is 0. The molecule has 1 aromatic heterocycles. The fourth-order valence-corrected chi connectivity index (χ4v) is 4.02. The molecule has 0 amide bonds. The Morgan fingerprint density at radius 1 is 1.32 bits per heavy atom. The maximum absolute atomic E-state index is 5.51. The monoisotopic (exact) mass is 402 g/mol. The molecule has 1 unspecified atom stereocenters. The van der Waals surface area contributed by atoms with Gasteiger partial charge in [0, 0.05) is 19.8 Å². The van der Waals surface area contributed by atoms with E-state index in [0.717, 1.165) is 22.2 Å². The predicted octanol–water partition coefficient (Wildman–Crippen LogP) is 5.87. The number of alkyl halides is 1. The number of ether oxygens (including phenoxy) is 1. The third-order valence-corrected chi connectivity index (χ3v) is 6.50. The number of halogens is 2. The van der Waals surface area contributed by atoms with Crippen molar-refractivity contribution >= 4 is 43.2 Å². The van der Waals surface area contributed by atoms with Gasteiger partial charge in [0.25, 0.3) is 0 Å². The molecule has 0 radical (unpaired) electrons. The van der Waals surface area contributed by atoms with Gasteiger partial charge < -0.3 is 4.74 Å². The second-order valence-corrected chi connectivity index (χ2v) is 7.33. The van der Waals surface area contributed by atoms with E-state index in [1.54, 1.807) is 7.11 Å². The highest BCUT2D eigenvalue weighted by molar-refractivity contribution is 9.10. The molecular weight excluding hydrogens is 388 g/mol. The van der Waals surface area contributed by atoms with E-state index in [0.29, 0.717) is 0 Å². The molecule has 1 atom stereocenters. The third-order valence-electron chi connectivity index (χ3n) is 3.06. The topological polar surface area (TPSA) is 9.23 Å². The molecule has 0 saturated carbocycles. The standard InChI is InChI=1S/C15H16Br2OS/c1-4-10-5-6-14(19-10)15(17)11-8-12(16)9(2)7-13(11)18-3/h5-8,15H,4H2,1-3H3. The summed E-state index contributed by atoms with van der Waals surface area (Å²) in [4.78, 5) is 2.89. The van der Waals surface area contributed by atoms with Crippen LogP contribution < -0.4 is 4.74 Å². The minimum Gasteiger partial charge on any atom is -0.496 e. The molecule has 0 spiro atoms. The highest BCUT2D eigenvalue weighted by Gasteiger charge is 2.18. The summed E-state index contributed by atoms with van der Waals surface area (Å²) in [6.07, 6.45) is 1.08. The fraction of sp³-hybridized carbons (Fsp3) is 0.333. The molecule has 4 heteroatoms. The van der Waals surface area contributed by atoms with Crippen LogP contribution in [-0.4, -0.2) is 7.11 Å². The van der Waals surface area contributed by atoms with Crippen LogP contribution in [0.25, 0.3) is 0 Å². The Kier molecular flexibility index (Phi) is 5.09. The number of rotatable bonds is 4. The van der Waals surface area contributed by atoms with Crippen molar-refractivity contribution in [2.75, 3.05) is 7.11 Å². The van der Waals surface area contributed by atoms with Gasteiger partial charge in [-0.1, -0.05) is 38.8 Å². The van der Waals surface area contributed by atoms with Crippen LogP contribution in [0.3, 0.4) is 0 Å². The first-order valence-corrected chi connectivity index (χ1v) is 8.66. The van der Waals surface area contributed by atoms with Crippen molar-refractivity contribution in [3.05, 3.63) is 49.6 Å². The summed E-state index contributed by atoms with van der Waals surface area (Å²) in [5.74, 6) is 0.925. The molecule has 1 aromatic carbocycles. The molecule has 2 rings (SSSR count). The fourth-order valence-electron chi connectivity index (χ4n) is 1.92. The smallest absolute Gasteiger partial charge is 0.123 e. The number of hydrogen-bond acceptors (Lipinski definition) is 2. The van der Waals surface area contributed by atoms with Gasteiger partial charge in [-0.15, -0.1) is 11.3 Å². The molecule has 0 bridgehead atoms. The minimum atomic E-state index is 0.171. The summed E-state index contributed by atoms with van der Waals surface area (Å²) in [6, 6.07) is 8.60. The Hall–Kier alpha value is -0.320. The van der Waals surface area contributed by atoms with E-state index in [4.69, 9.17) is 4.74 Å². The van der Waals surface area contributed by atoms with Crippen LogP contribution in [0.1, 0.15) is 32.6 Å². The predicted molar refractivity (Wildman–Crippen MR) is 89.9 cm³/mol. The van der Waals surface area contributed by atoms with Gasteiger partial charge in [0.1, 0.15) is 5.75 Å². The molecule has 0 fully saturated rings. The highest BCUT2D eigenvalue weighted by atomic mass is 79.9. The average Bonchev–Trinajstić information content (AvgIpc) is 2.89. The Morgan fingerprint density at radius 3 is 2.63 bits per heavy atom. The lowest BCUT2D eigenvalue weighted by atomic mass is 10.1. The van der Waals surface area contributed by atoms with E-state index in [-0.39, 0.29) is 4.83 Å². The van der Waals surface area contributed by atoms with Crippen LogP contribution in [0.2, 0.25) is 0 Å². The first-order chi connectivity index (χ1) is 9.06. The number of aryl methyl sites for hydroxylation is 2. The van der Waals surface area contributed by atoms with E-state index < -0.39 is 0 Å². The number of methoxy groups -OCH3 is 1. The van der Waals surface area contributed by atoms with Crippen molar-refractivity contribution in [3.8, 4) is 5.75 Å². The minimum absolute atomic E-state index is 0.171. The summed E-state index contributed by atoms with van der Waals surface area (Å²) < 4.78 is 6.62. The SMILES string of the molecule is CCc1ccc(C(Br)c2cc(Br)c(C)cc2OC)s1. The Balaban J connectivity index is 2.42. The normalized spacial score (nSPS) is 12.5. The van der Waals surface area contributed by atoms with Crippen LogP contribution in [0.15, 0.2) is 28.7 Å². The largest absolute Gasteiger partial charge is 0.496 e. The Labute approximate surface area is 135 Å². The van der Waals surface area contributed by atoms with E-state index in [9.17, 15) is 0 Å². The molecule has 2 aromatic rings. The van der Waals surface area contributed by atoms with Crippen molar-refractivity contribution in [1.29, 1.82) is 0 Å². The lowest BCUT2D eigenvalue weighted by Crippen LogP contribution is -1.96. The molecular formula is C15H16Br2OS. The lowest BCUT2D eigenvalue weighted by Gasteiger charge is -2.15. The summed E-state index contributed by atoms with van der Waals surface area (Å²) in [7, 11) is 1.72. The molecule has 0 aliphatic carbocycles. The Morgan fingerprint density at radius 2 is 2.05 bits per heavy atom. The second kappa shape index (κ2) is 6.42. The molecule has 1 nitrogen and oxygen atoms in total. The zero-order valence-electron chi connectivity index (χ0n) is 11.2.